The first kappa shape index (κ1) is 7.40. The van der Waals surface area contributed by atoms with Crippen LogP contribution in [0.2, 0.25) is 0 Å². The summed E-state index contributed by atoms with van der Waals surface area (Å²) in [6, 6.07) is 0. The SMILES string of the molecule is C=C(CC)OC(F)F. The molecule has 0 unspecified atom stereocenters. The van der Waals surface area contributed by atoms with Crippen molar-refractivity contribution in [3.05, 3.63) is 12.3 Å². The molecule has 0 saturated heterocycles. The smallest absolute Gasteiger partial charge is 0.387 e. The van der Waals surface area contributed by atoms with Gasteiger partial charge in [-0.05, 0) is 0 Å². The third kappa shape index (κ3) is 3.59. The van der Waals surface area contributed by atoms with Crippen LogP contribution in [-0.4, -0.2) is 6.61 Å². The molecule has 0 spiro atoms. The summed E-state index contributed by atoms with van der Waals surface area (Å²) >= 11 is 0. The standard InChI is InChI=1S/C5H8F2O/c1-3-4(2)8-5(6)7/h5H,2-3H2,1H3. The average Bonchev–Trinajstić information content (AvgIpc) is 1.65. The molecule has 8 heavy (non-hydrogen) atoms. The number of ether oxygens (including phenoxy) is 1. The van der Waals surface area contributed by atoms with Gasteiger partial charge in [0.1, 0.15) is 0 Å². The normalized spacial score (nSPS) is 9.50. The van der Waals surface area contributed by atoms with Gasteiger partial charge in [0.15, 0.2) is 0 Å². The van der Waals surface area contributed by atoms with Crippen LogP contribution in [0.25, 0.3) is 0 Å². The summed E-state index contributed by atoms with van der Waals surface area (Å²) in [6.07, 6.45) is 0.435. The van der Waals surface area contributed by atoms with Gasteiger partial charge in [-0.3, -0.25) is 0 Å². The molecule has 0 radical (unpaired) electrons. The maximum atomic E-state index is 11.2. The van der Waals surface area contributed by atoms with Gasteiger partial charge >= 0.3 is 6.61 Å². The molecule has 0 heterocycles. The quantitative estimate of drug-likeness (QED) is 0.521. The second kappa shape index (κ2) is 3.41. The van der Waals surface area contributed by atoms with Crippen LogP contribution in [0.5, 0.6) is 0 Å². The molecule has 0 bridgehead atoms. The van der Waals surface area contributed by atoms with Crippen LogP contribution >= 0.6 is 0 Å². The van der Waals surface area contributed by atoms with E-state index in [0.717, 1.165) is 0 Å². The molecule has 0 rings (SSSR count). The molecule has 1 nitrogen and oxygen atoms in total. The number of hydrogen-bond acceptors (Lipinski definition) is 1. The Kier molecular flexibility index (Phi) is 3.15. The van der Waals surface area contributed by atoms with Crippen molar-refractivity contribution in [1.29, 1.82) is 0 Å². The van der Waals surface area contributed by atoms with Gasteiger partial charge in [-0.25, -0.2) is 0 Å². The van der Waals surface area contributed by atoms with E-state index in [9.17, 15) is 8.78 Å². The monoisotopic (exact) mass is 122 g/mol. The lowest BCUT2D eigenvalue weighted by atomic mass is 10.4. The minimum absolute atomic E-state index is 0.125. The zero-order valence-electron chi connectivity index (χ0n) is 4.66. The molecule has 3 heteroatoms. The fourth-order valence-corrected chi connectivity index (χ4v) is 0.209. The van der Waals surface area contributed by atoms with E-state index in [0.29, 0.717) is 6.42 Å². The van der Waals surface area contributed by atoms with Crippen LogP contribution in [0.4, 0.5) is 8.78 Å². The Labute approximate surface area is 47.0 Å². The van der Waals surface area contributed by atoms with E-state index >= 15 is 0 Å². The zero-order chi connectivity index (χ0) is 6.57. The van der Waals surface area contributed by atoms with Gasteiger partial charge < -0.3 is 4.74 Å². The molecule has 0 N–H and O–H groups in total. The molecule has 0 aromatic rings. The number of hydrogen-bond donors (Lipinski definition) is 0. The molecular weight excluding hydrogens is 114 g/mol. The number of rotatable bonds is 3. The Morgan fingerprint density at radius 2 is 2.25 bits per heavy atom. The van der Waals surface area contributed by atoms with Crippen molar-refractivity contribution in [3.8, 4) is 0 Å². The van der Waals surface area contributed by atoms with Gasteiger partial charge in [-0.15, -0.1) is 0 Å². The van der Waals surface area contributed by atoms with E-state index in [1.54, 1.807) is 6.92 Å². The molecule has 0 aromatic carbocycles. The van der Waals surface area contributed by atoms with Crippen LogP contribution in [0.3, 0.4) is 0 Å². The van der Waals surface area contributed by atoms with Crippen molar-refractivity contribution >= 4 is 0 Å². The van der Waals surface area contributed by atoms with E-state index < -0.39 is 6.61 Å². The first-order valence-corrected chi connectivity index (χ1v) is 2.29. The van der Waals surface area contributed by atoms with Crippen LogP contribution in [0.15, 0.2) is 12.3 Å². The van der Waals surface area contributed by atoms with E-state index in [4.69, 9.17) is 0 Å². The van der Waals surface area contributed by atoms with E-state index in [1.807, 2.05) is 0 Å². The molecule has 0 aromatic heterocycles. The fourth-order valence-electron chi connectivity index (χ4n) is 0.209. The van der Waals surface area contributed by atoms with Crippen molar-refractivity contribution < 1.29 is 13.5 Å². The largest absolute Gasteiger partial charge is 0.440 e. The van der Waals surface area contributed by atoms with Crippen molar-refractivity contribution in [2.75, 3.05) is 0 Å². The van der Waals surface area contributed by atoms with Gasteiger partial charge in [-0.2, -0.15) is 8.78 Å². The molecule has 0 amide bonds. The summed E-state index contributed by atoms with van der Waals surface area (Å²) in [5, 5.41) is 0. The molecule has 0 aliphatic heterocycles. The van der Waals surface area contributed by atoms with E-state index in [2.05, 4.69) is 11.3 Å². The van der Waals surface area contributed by atoms with Gasteiger partial charge in [0.05, 0.1) is 5.76 Å². The maximum Gasteiger partial charge on any atom is 0.387 e. The lowest BCUT2D eigenvalue weighted by molar-refractivity contribution is -0.0974. The first-order valence-electron chi connectivity index (χ1n) is 2.29. The molecule has 0 atom stereocenters. The molecule has 48 valence electrons. The lowest BCUT2D eigenvalue weighted by Crippen LogP contribution is -1.96. The Balaban J connectivity index is 3.25. The van der Waals surface area contributed by atoms with Crippen LogP contribution in [-0.2, 0) is 4.74 Å². The third-order valence-corrected chi connectivity index (χ3v) is 0.650. The number of halogens is 2. The molecule has 0 fully saturated rings. The Hall–Kier alpha value is -0.600. The van der Waals surface area contributed by atoms with Gasteiger partial charge in [0.2, 0.25) is 0 Å². The maximum absolute atomic E-state index is 11.2. The van der Waals surface area contributed by atoms with E-state index in [1.165, 1.54) is 0 Å². The second-order valence-corrected chi connectivity index (χ2v) is 1.27. The fraction of sp³-hybridized carbons (Fsp3) is 0.600. The minimum Gasteiger partial charge on any atom is -0.440 e. The highest BCUT2D eigenvalue weighted by atomic mass is 19.3. The summed E-state index contributed by atoms with van der Waals surface area (Å²) < 4.78 is 26.2. The Bertz CT molecular complexity index is 80.5. The highest BCUT2D eigenvalue weighted by Gasteiger charge is 2.01. The predicted octanol–water partition coefficient (Wildman–Crippen LogP) is 2.15. The highest BCUT2D eigenvalue weighted by molar-refractivity contribution is 4.78. The van der Waals surface area contributed by atoms with E-state index in [-0.39, 0.29) is 5.76 Å². The summed E-state index contributed by atoms with van der Waals surface area (Å²) in [7, 11) is 0. The molecule has 0 aliphatic rings. The summed E-state index contributed by atoms with van der Waals surface area (Å²) in [4.78, 5) is 0. The average molecular weight is 122 g/mol. The van der Waals surface area contributed by atoms with Crippen molar-refractivity contribution in [2.45, 2.75) is 20.0 Å². The summed E-state index contributed by atoms with van der Waals surface area (Å²) in [5.41, 5.74) is 0. The first-order chi connectivity index (χ1) is 3.66. The van der Waals surface area contributed by atoms with Crippen LogP contribution in [0.1, 0.15) is 13.3 Å². The lowest BCUT2D eigenvalue weighted by Gasteiger charge is -2.02. The third-order valence-electron chi connectivity index (χ3n) is 0.650. The Morgan fingerprint density at radius 1 is 1.75 bits per heavy atom. The van der Waals surface area contributed by atoms with Crippen molar-refractivity contribution in [1.82, 2.24) is 0 Å². The molecule has 0 aliphatic carbocycles. The predicted molar refractivity (Wildman–Crippen MR) is 26.5 cm³/mol. The zero-order valence-corrected chi connectivity index (χ0v) is 4.66. The van der Waals surface area contributed by atoms with Gasteiger partial charge in [0.25, 0.3) is 0 Å². The summed E-state index contributed by atoms with van der Waals surface area (Å²) in [6.45, 7) is 2.19. The molecular formula is C5H8F2O. The minimum atomic E-state index is -2.72. The number of alkyl halides is 2. The van der Waals surface area contributed by atoms with Crippen LogP contribution < -0.4 is 0 Å². The van der Waals surface area contributed by atoms with Crippen molar-refractivity contribution in [3.63, 3.8) is 0 Å². The summed E-state index contributed by atoms with van der Waals surface area (Å²) in [5.74, 6) is 0.125. The molecule has 0 saturated carbocycles. The van der Waals surface area contributed by atoms with Crippen LogP contribution in [0, 0.1) is 0 Å². The topological polar surface area (TPSA) is 9.23 Å². The van der Waals surface area contributed by atoms with Gasteiger partial charge in [0, 0.05) is 6.42 Å². The number of allylic oxidation sites excluding steroid dienone is 1. The second-order valence-electron chi connectivity index (χ2n) is 1.27. The highest BCUT2D eigenvalue weighted by Crippen LogP contribution is 2.05. The Morgan fingerprint density at radius 3 is 2.38 bits per heavy atom. The van der Waals surface area contributed by atoms with Crippen molar-refractivity contribution in [2.24, 2.45) is 0 Å². The van der Waals surface area contributed by atoms with Gasteiger partial charge in [-0.1, -0.05) is 13.5 Å².